The zero-order chi connectivity index (χ0) is 17.5. The van der Waals surface area contributed by atoms with Crippen molar-refractivity contribution in [1.82, 2.24) is 10.2 Å². The van der Waals surface area contributed by atoms with Gasteiger partial charge in [0.1, 0.15) is 5.75 Å². The molecule has 1 fully saturated rings. The lowest BCUT2D eigenvalue weighted by molar-refractivity contribution is 0.367. The van der Waals surface area contributed by atoms with Crippen molar-refractivity contribution in [1.29, 1.82) is 0 Å². The van der Waals surface area contributed by atoms with Crippen LogP contribution >= 0.6 is 35.3 Å². The van der Waals surface area contributed by atoms with Crippen LogP contribution in [0, 0.1) is 0 Å². The number of guanidine groups is 1. The highest BCUT2D eigenvalue weighted by atomic mass is 127. The van der Waals surface area contributed by atoms with Gasteiger partial charge in [-0.15, -0.1) is 35.3 Å². The molecule has 1 saturated heterocycles. The molecule has 1 aromatic heterocycles. The minimum atomic E-state index is 0. The zero-order valence-electron chi connectivity index (χ0n) is 15.4. The van der Waals surface area contributed by atoms with Gasteiger partial charge >= 0.3 is 0 Å². The molecule has 0 aliphatic carbocycles. The second-order valence-electron chi connectivity index (χ2n) is 5.95. The molecule has 1 aliphatic heterocycles. The van der Waals surface area contributed by atoms with Crippen molar-refractivity contribution in [3.05, 3.63) is 46.7 Å². The maximum Gasteiger partial charge on any atom is 0.193 e. The van der Waals surface area contributed by atoms with Crippen LogP contribution in [0.1, 0.15) is 4.88 Å². The number of thiophene rings is 1. The summed E-state index contributed by atoms with van der Waals surface area (Å²) in [4.78, 5) is 10.6. The van der Waals surface area contributed by atoms with Gasteiger partial charge in [-0.25, -0.2) is 0 Å². The zero-order valence-corrected chi connectivity index (χ0v) is 18.5. The average Bonchev–Trinajstić information content (AvgIpc) is 3.19. The molecular weight excluding hydrogens is 459 g/mol. The fourth-order valence-corrected chi connectivity index (χ4v) is 3.84. The number of benzene rings is 1. The van der Waals surface area contributed by atoms with Gasteiger partial charge in [0.2, 0.25) is 0 Å². The van der Waals surface area contributed by atoms with E-state index in [1.165, 1.54) is 10.6 Å². The first kappa shape index (κ1) is 20.8. The van der Waals surface area contributed by atoms with Crippen LogP contribution < -0.4 is 15.0 Å². The highest BCUT2D eigenvalue weighted by molar-refractivity contribution is 14.0. The van der Waals surface area contributed by atoms with Crippen molar-refractivity contribution in [2.75, 3.05) is 51.8 Å². The van der Waals surface area contributed by atoms with Crippen LogP contribution in [0.25, 0.3) is 0 Å². The Hall–Kier alpha value is -1.48. The van der Waals surface area contributed by atoms with Gasteiger partial charge in [-0.05, 0) is 30.0 Å². The molecular formula is C19H27IN4OS. The number of hydrogen-bond acceptors (Lipinski definition) is 4. The van der Waals surface area contributed by atoms with Crippen molar-refractivity contribution in [3.63, 3.8) is 0 Å². The fourth-order valence-electron chi connectivity index (χ4n) is 3.13. The normalized spacial score (nSPS) is 14.8. The third kappa shape index (κ3) is 5.26. The molecule has 0 radical (unpaired) electrons. The minimum Gasteiger partial charge on any atom is -0.495 e. The summed E-state index contributed by atoms with van der Waals surface area (Å²) in [5.41, 5.74) is 1.17. The van der Waals surface area contributed by atoms with Crippen LogP contribution in [0.3, 0.4) is 0 Å². The van der Waals surface area contributed by atoms with Crippen LogP contribution in [-0.2, 0) is 6.42 Å². The average molecular weight is 486 g/mol. The van der Waals surface area contributed by atoms with Crippen LogP contribution in [0.4, 0.5) is 5.69 Å². The number of ether oxygens (including phenoxy) is 1. The van der Waals surface area contributed by atoms with Crippen LogP contribution in [0.15, 0.2) is 46.8 Å². The molecule has 2 aromatic rings. The molecule has 7 heteroatoms. The summed E-state index contributed by atoms with van der Waals surface area (Å²) in [6.07, 6.45) is 1.04. The predicted octanol–water partition coefficient (Wildman–Crippen LogP) is 3.31. The molecule has 0 unspecified atom stereocenters. The van der Waals surface area contributed by atoms with Crippen molar-refractivity contribution >= 4 is 47.0 Å². The van der Waals surface area contributed by atoms with Crippen molar-refractivity contribution in [3.8, 4) is 5.75 Å². The standard InChI is InChI=1S/C19H26N4OS.HI/c1-20-19(21-10-9-16-6-5-15-25-16)23-13-11-22(12-14-23)17-7-3-4-8-18(17)24-2;/h3-8,15H,9-14H2,1-2H3,(H,20,21);1H. The number of piperazine rings is 1. The van der Waals surface area contributed by atoms with E-state index in [4.69, 9.17) is 4.74 Å². The molecule has 26 heavy (non-hydrogen) atoms. The van der Waals surface area contributed by atoms with Gasteiger partial charge < -0.3 is 19.9 Å². The van der Waals surface area contributed by atoms with E-state index < -0.39 is 0 Å². The Morgan fingerprint density at radius 2 is 1.92 bits per heavy atom. The molecule has 142 valence electrons. The summed E-state index contributed by atoms with van der Waals surface area (Å²) in [6, 6.07) is 12.5. The van der Waals surface area contributed by atoms with Crippen LogP contribution in [0.2, 0.25) is 0 Å². The second kappa shape index (κ2) is 10.6. The summed E-state index contributed by atoms with van der Waals surface area (Å²) in [5.74, 6) is 1.94. The quantitative estimate of drug-likeness (QED) is 0.400. The third-order valence-corrected chi connectivity index (χ3v) is 5.39. The van der Waals surface area contributed by atoms with E-state index in [2.05, 4.69) is 49.8 Å². The molecule has 1 N–H and O–H groups in total. The lowest BCUT2D eigenvalue weighted by Crippen LogP contribution is -2.52. The summed E-state index contributed by atoms with van der Waals surface area (Å²) < 4.78 is 5.49. The number of halogens is 1. The molecule has 0 amide bonds. The largest absolute Gasteiger partial charge is 0.495 e. The first-order valence-corrected chi connectivity index (χ1v) is 9.55. The SMILES string of the molecule is CN=C(NCCc1cccs1)N1CCN(c2ccccc2OC)CC1.I. The van der Waals surface area contributed by atoms with Crippen molar-refractivity contribution in [2.24, 2.45) is 4.99 Å². The summed E-state index contributed by atoms with van der Waals surface area (Å²) in [5, 5.41) is 5.62. The first-order chi connectivity index (χ1) is 12.3. The van der Waals surface area contributed by atoms with Gasteiger partial charge in [-0.3, -0.25) is 4.99 Å². The van der Waals surface area contributed by atoms with Gasteiger partial charge in [0.15, 0.2) is 5.96 Å². The van der Waals surface area contributed by atoms with E-state index in [1.54, 1.807) is 7.11 Å². The highest BCUT2D eigenvalue weighted by Gasteiger charge is 2.21. The number of nitrogens with zero attached hydrogens (tertiary/aromatic N) is 3. The fraction of sp³-hybridized carbons (Fsp3) is 0.421. The van der Waals surface area contributed by atoms with E-state index in [0.29, 0.717) is 0 Å². The van der Waals surface area contributed by atoms with Gasteiger partial charge in [0.05, 0.1) is 12.8 Å². The van der Waals surface area contributed by atoms with E-state index >= 15 is 0 Å². The lowest BCUT2D eigenvalue weighted by Gasteiger charge is -2.38. The molecule has 5 nitrogen and oxygen atoms in total. The van der Waals surface area contributed by atoms with Crippen LogP contribution in [0.5, 0.6) is 5.75 Å². The van der Waals surface area contributed by atoms with Gasteiger partial charge in [0, 0.05) is 44.6 Å². The molecule has 0 bridgehead atoms. The topological polar surface area (TPSA) is 40.1 Å². The summed E-state index contributed by atoms with van der Waals surface area (Å²) in [7, 11) is 3.59. The molecule has 1 aromatic carbocycles. The third-order valence-electron chi connectivity index (χ3n) is 4.45. The van der Waals surface area contributed by atoms with E-state index in [9.17, 15) is 0 Å². The maximum absolute atomic E-state index is 5.49. The molecule has 1 aliphatic rings. The Bertz CT molecular complexity index is 685. The number of para-hydroxylation sites is 2. The molecule has 3 rings (SSSR count). The Balaban J connectivity index is 0.00000243. The Kier molecular flexibility index (Phi) is 8.50. The number of methoxy groups -OCH3 is 1. The van der Waals surface area contributed by atoms with Crippen molar-refractivity contribution in [2.45, 2.75) is 6.42 Å². The highest BCUT2D eigenvalue weighted by Crippen LogP contribution is 2.28. The Labute approximate surface area is 177 Å². The number of nitrogens with one attached hydrogen (secondary N) is 1. The van der Waals surface area contributed by atoms with Gasteiger partial charge in [-0.2, -0.15) is 0 Å². The molecule has 0 atom stereocenters. The minimum absolute atomic E-state index is 0. The van der Waals surface area contributed by atoms with Crippen molar-refractivity contribution < 1.29 is 4.74 Å². The summed E-state index contributed by atoms with van der Waals surface area (Å²) in [6.45, 7) is 4.76. The number of hydrogen-bond donors (Lipinski definition) is 1. The number of rotatable bonds is 5. The van der Waals surface area contributed by atoms with Crippen LogP contribution in [-0.4, -0.2) is 57.7 Å². The number of aliphatic imine (C=N–C) groups is 1. The van der Waals surface area contributed by atoms with Gasteiger partial charge in [0.25, 0.3) is 0 Å². The molecule has 2 heterocycles. The Morgan fingerprint density at radius 3 is 2.58 bits per heavy atom. The van der Waals surface area contributed by atoms with Gasteiger partial charge in [-0.1, -0.05) is 18.2 Å². The predicted molar refractivity (Wildman–Crippen MR) is 122 cm³/mol. The first-order valence-electron chi connectivity index (χ1n) is 8.67. The maximum atomic E-state index is 5.49. The monoisotopic (exact) mass is 486 g/mol. The smallest absolute Gasteiger partial charge is 0.193 e. The Morgan fingerprint density at radius 1 is 1.15 bits per heavy atom. The lowest BCUT2D eigenvalue weighted by atomic mass is 10.2. The number of anilines is 1. The van der Waals surface area contributed by atoms with E-state index in [0.717, 1.165) is 50.9 Å². The molecule has 0 saturated carbocycles. The molecule has 0 spiro atoms. The van der Waals surface area contributed by atoms with E-state index in [-0.39, 0.29) is 24.0 Å². The summed E-state index contributed by atoms with van der Waals surface area (Å²) >= 11 is 1.81. The van der Waals surface area contributed by atoms with E-state index in [1.807, 2.05) is 30.5 Å². The second-order valence-corrected chi connectivity index (χ2v) is 6.98.